The Hall–Kier alpha value is 0.230. The molecule has 4 heteroatoms. The zero-order chi connectivity index (χ0) is 17.5. The molecule has 0 aliphatic heterocycles. The molecule has 0 N–H and O–H groups in total. The summed E-state index contributed by atoms with van der Waals surface area (Å²) in [4.78, 5) is 0. The molecule has 1 aliphatic rings. The quantitative estimate of drug-likeness (QED) is 0.387. The second kappa shape index (κ2) is 9.07. The van der Waals surface area contributed by atoms with E-state index in [0.717, 1.165) is 39.3 Å². The van der Waals surface area contributed by atoms with E-state index in [0.29, 0.717) is 3.67 Å². The average molecular weight is 489 g/mol. The van der Waals surface area contributed by atoms with Crippen LogP contribution in [0.3, 0.4) is 0 Å². The second-order valence-corrected chi connectivity index (χ2v) is 28.1. The molecule has 23 heavy (non-hydrogen) atoms. The van der Waals surface area contributed by atoms with Crippen LogP contribution < -0.4 is 0 Å². The zero-order valence-corrected chi connectivity index (χ0v) is 20.3. The van der Waals surface area contributed by atoms with E-state index in [2.05, 4.69) is 81.4 Å². The summed E-state index contributed by atoms with van der Waals surface area (Å²) < 4.78 is 10.7. The van der Waals surface area contributed by atoms with Gasteiger partial charge in [-0.05, 0) is 0 Å². The van der Waals surface area contributed by atoms with Gasteiger partial charge < -0.3 is 0 Å². The van der Waals surface area contributed by atoms with Crippen LogP contribution in [-0.2, 0) is 19.4 Å². The molecule has 0 aromatic carbocycles. The van der Waals surface area contributed by atoms with Crippen molar-refractivity contribution in [2.24, 2.45) is 0 Å². The maximum atomic E-state index is 2.93. The monoisotopic (exact) mass is 490 g/mol. The third-order valence-corrected chi connectivity index (χ3v) is 39.3. The van der Waals surface area contributed by atoms with Crippen molar-refractivity contribution in [1.82, 2.24) is 8.66 Å². The van der Waals surface area contributed by atoms with Crippen molar-refractivity contribution in [3.05, 3.63) is 24.3 Å². The molecule has 0 fully saturated rings. The van der Waals surface area contributed by atoms with Gasteiger partial charge in [0.1, 0.15) is 0 Å². The van der Waals surface area contributed by atoms with Crippen LogP contribution in [0.5, 0.6) is 0 Å². The minimum atomic E-state index is -3.79. The maximum absolute atomic E-state index is 3.79. The van der Waals surface area contributed by atoms with Crippen LogP contribution in [0.1, 0.15) is 48.5 Å². The molecule has 1 aliphatic carbocycles. The number of hydrogen-bond donors (Lipinski definition) is 0. The molecule has 135 valence electrons. The number of allylic oxidation sites excluding steroid dienone is 4. The van der Waals surface area contributed by atoms with Gasteiger partial charge >= 0.3 is 148 Å². The Kier molecular flexibility index (Phi) is 8.39. The summed E-state index contributed by atoms with van der Waals surface area (Å²) in [6.45, 7) is 23.6. The molecule has 0 atom stereocenters. The van der Waals surface area contributed by atoms with Crippen molar-refractivity contribution in [1.29, 1.82) is 0 Å². The van der Waals surface area contributed by atoms with Gasteiger partial charge in [0, 0.05) is 0 Å². The fourth-order valence-corrected chi connectivity index (χ4v) is 39.6. The van der Waals surface area contributed by atoms with Crippen LogP contribution >= 0.6 is 0 Å². The molecule has 0 aromatic heterocycles. The van der Waals surface area contributed by atoms with Crippen LogP contribution in [0.15, 0.2) is 24.3 Å². The van der Waals surface area contributed by atoms with Crippen LogP contribution in [0.2, 0.25) is 7.85 Å². The molecule has 3 nitrogen and oxygen atoms in total. The summed E-state index contributed by atoms with van der Waals surface area (Å²) >= 11 is -3.79. The van der Waals surface area contributed by atoms with Crippen molar-refractivity contribution in [3.63, 3.8) is 0 Å². The molecule has 0 spiro atoms. The van der Waals surface area contributed by atoms with Crippen molar-refractivity contribution in [2.45, 2.75) is 56.3 Å². The van der Waals surface area contributed by atoms with Gasteiger partial charge in [-0.3, -0.25) is 0 Å². The molecule has 0 aromatic rings. The van der Waals surface area contributed by atoms with Crippen molar-refractivity contribution >= 4 is 0 Å². The van der Waals surface area contributed by atoms with Crippen LogP contribution in [-0.4, -0.2) is 47.9 Å². The molecule has 0 bridgehead atoms. The molecular formula is C19H40HfN3. The predicted molar refractivity (Wildman–Crippen MR) is 101 cm³/mol. The Balaban J connectivity index is 3.81. The molecule has 0 heterocycles. The van der Waals surface area contributed by atoms with E-state index in [1.165, 1.54) is 4.18 Å². The molecule has 0 saturated carbocycles. The van der Waals surface area contributed by atoms with Gasteiger partial charge in [0.15, 0.2) is 0 Å². The van der Waals surface area contributed by atoms with Gasteiger partial charge in [0.2, 0.25) is 0 Å². The number of nitrogens with zero attached hydrogens (tertiary/aromatic N) is 3. The summed E-state index contributed by atoms with van der Waals surface area (Å²) in [5.74, 6) is 0. The van der Waals surface area contributed by atoms with E-state index in [1.54, 1.807) is 0 Å². The summed E-state index contributed by atoms with van der Waals surface area (Å²) in [5.41, 5.74) is 0. The Labute approximate surface area is 147 Å². The predicted octanol–water partition coefficient (Wildman–Crippen LogP) is 4.80. The Morgan fingerprint density at radius 3 is 1.13 bits per heavy atom. The first-order valence-electron chi connectivity index (χ1n) is 9.83. The standard InChI is InChI=1S/C5H5.3C4H10N.C2H5.Hf/c1-2-4-5-3-1;3*1-3-5-4-2;1-2;/h1-5H;3*3-4H2,1-2H3;1H2,2H3;/q;3*-1;;+3. The van der Waals surface area contributed by atoms with E-state index < -0.39 is 19.4 Å². The van der Waals surface area contributed by atoms with E-state index >= 15 is 0 Å². The Bertz CT molecular complexity index is 361. The molecule has 0 amide bonds. The minimum absolute atomic E-state index is 0.608. The van der Waals surface area contributed by atoms with Crippen molar-refractivity contribution in [2.75, 3.05) is 39.3 Å². The average Bonchev–Trinajstić information content (AvgIpc) is 3.12. The Morgan fingerprint density at radius 2 is 0.913 bits per heavy atom. The van der Waals surface area contributed by atoms with Gasteiger partial charge in [-0.2, -0.15) is 0 Å². The summed E-state index contributed by atoms with van der Waals surface area (Å²) in [6.07, 6.45) is 9.58. The van der Waals surface area contributed by atoms with Gasteiger partial charge in [0.05, 0.1) is 0 Å². The third-order valence-electron chi connectivity index (χ3n) is 6.47. The van der Waals surface area contributed by atoms with Gasteiger partial charge in [0.25, 0.3) is 0 Å². The van der Waals surface area contributed by atoms with Crippen LogP contribution in [0.4, 0.5) is 0 Å². The normalized spacial score (nSPS) is 17.6. The van der Waals surface area contributed by atoms with E-state index in [4.69, 9.17) is 0 Å². The first-order valence-corrected chi connectivity index (χ1v) is 19.3. The summed E-state index contributed by atoms with van der Waals surface area (Å²) in [6, 6.07) is 0. The molecule has 0 radical (unpaired) electrons. The topological polar surface area (TPSA) is 9.72 Å². The molecule has 0 saturated heterocycles. The van der Waals surface area contributed by atoms with E-state index in [-0.39, 0.29) is 0 Å². The van der Waals surface area contributed by atoms with Crippen LogP contribution in [0.25, 0.3) is 0 Å². The van der Waals surface area contributed by atoms with Gasteiger partial charge in [-0.25, -0.2) is 0 Å². The van der Waals surface area contributed by atoms with Gasteiger partial charge in [-0.15, -0.1) is 0 Å². The fourth-order valence-electron chi connectivity index (χ4n) is 5.70. The zero-order valence-electron chi connectivity index (χ0n) is 16.7. The van der Waals surface area contributed by atoms with Crippen LogP contribution in [0, 0.1) is 0 Å². The first-order chi connectivity index (χ1) is 11.1. The second-order valence-electron chi connectivity index (χ2n) is 6.53. The summed E-state index contributed by atoms with van der Waals surface area (Å²) in [7, 11) is 0. The molecule has 0 unspecified atom stereocenters. The fraction of sp³-hybridized carbons (Fsp3) is 0.789. The van der Waals surface area contributed by atoms with Crippen molar-refractivity contribution < 1.29 is 19.4 Å². The van der Waals surface area contributed by atoms with Gasteiger partial charge in [-0.1, -0.05) is 0 Å². The SMILES string of the molecule is CC[N](CC)[Hf]([CH2]C)([CH]1C=CC=C1)([N](CC)CC)[N](CC)CC. The Morgan fingerprint density at radius 1 is 0.609 bits per heavy atom. The number of hydrogen-bond acceptors (Lipinski definition) is 3. The third kappa shape index (κ3) is 2.98. The van der Waals surface area contributed by atoms with Crippen molar-refractivity contribution in [3.8, 4) is 0 Å². The first kappa shape index (κ1) is 21.3. The number of rotatable bonds is 11. The summed E-state index contributed by atoms with van der Waals surface area (Å²) in [5, 5.41) is 0. The van der Waals surface area contributed by atoms with E-state index in [9.17, 15) is 0 Å². The molecule has 1 rings (SSSR count). The molecular weight excluding hydrogens is 449 g/mol. The van der Waals surface area contributed by atoms with E-state index in [1.807, 2.05) is 0 Å².